The topological polar surface area (TPSA) is 120 Å². The number of alkyl halides is 3. The Kier molecular flexibility index (Phi) is 7.18. The van der Waals surface area contributed by atoms with E-state index in [1.807, 2.05) is 6.08 Å². The molecule has 47 heavy (non-hydrogen) atoms. The fraction of sp³-hybridized carbons (Fsp3) is 0.303. The number of nitrogens with one attached hydrogen (secondary N) is 1. The molecule has 2 N–H and O–H groups in total. The Labute approximate surface area is 275 Å². The van der Waals surface area contributed by atoms with Crippen LogP contribution in [0, 0.1) is 23.7 Å². The second-order valence-electron chi connectivity index (χ2n) is 12.2. The van der Waals surface area contributed by atoms with Crippen LogP contribution >= 0.6 is 23.2 Å². The maximum Gasteiger partial charge on any atom is 0.417 e. The van der Waals surface area contributed by atoms with Gasteiger partial charge >= 0.3 is 6.18 Å². The Bertz CT molecular complexity index is 1880. The van der Waals surface area contributed by atoms with Gasteiger partial charge in [0.15, 0.2) is 5.82 Å². The number of allylic oxidation sites excluding steroid dienone is 2. The van der Waals surface area contributed by atoms with E-state index >= 15 is 0 Å². The van der Waals surface area contributed by atoms with Crippen molar-refractivity contribution in [3.8, 4) is 5.75 Å². The molecule has 2 aliphatic carbocycles. The summed E-state index contributed by atoms with van der Waals surface area (Å²) < 4.78 is 40.0. The standard InChI is InChI=1S/C33H25Cl2F3N4O5/c1-41-28(44)21-11-10-20-22(25(21)30(41)46)13-23-29(45)42(40-27-24(35)12-17(14-39-27)33(36,37)38)31(47)32(23,16-4-6-18(34)7-5-16)26(20)15-2-8-19(43)9-3-15/h2-10,12,14,21-23,25-26,43H,11,13H2,1H3,(H,39,40). The fourth-order valence-electron chi connectivity index (χ4n) is 7.98. The Hall–Kier alpha value is -4.42. The van der Waals surface area contributed by atoms with Gasteiger partial charge in [-0.1, -0.05) is 59.1 Å². The van der Waals surface area contributed by atoms with Crippen LogP contribution in [0.4, 0.5) is 19.0 Å². The first-order valence-corrected chi connectivity index (χ1v) is 15.4. The predicted octanol–water partition coefficient (Wildman–Crippen LogP) is 5.73. The summed E-state index contributed by atoms with van der Waals surface area (Å²) in [6.45, 7) is 0. The number of pyridine rings is 1. The number of carbonyl (C=O) groups excluding carboxylic acids is 4. The second kappa shape index (κ2) is 10.8. The molecule has 4 aliphatic rings. The smallest absolute Gasteiger partial charge is 0.417 e. The van der Waals surface area contributed by atoms with Gasteiger partial charge in [0, 0.05) is 24.2 Å². The van der Waals surface area contributed by atoms with Crippen molar-refractivity contribution in [2.45, 2.75) is 30.4 Å². The number of aromatic nitrogens is 1. The first-order valence-electron chi connectivity index (χ1n) is 14.7. The molecule has 3 fully saturated rings. The van der Waals surface area contributed by atoms with Crippen molar-refractivity contribution in [1.29, 1.82) is 0 Å². The van der Waals surface area contributed by atoms with Gasteiger partial charge in [-0.25, -0.2) is 4.98 Å². The molecule has 0 bridgehead atoms. The normalized spacial score (nSPS) is 28.6. The Balaban J connectivity index is 1.43. The zero-order valence-corrected chi connectivity index (χ0v) is 26.0. The Morgan fingerprint density at radius 1 is 0.957 bits per heavy atom. The monoisotopic (exact) mass is 684 g/mol. The summed E-state index contributed by atoms with van der Waals surface area (Å²) in [5, 5.41) is 10.8. The number of nitrogens with zero attached hydrogens (tertiary/aromatic N) is 3. The Morgan fingerprint density at radius 2 is 1.64 bits per heavy atom. The second-order valence-corrected chi connectivity index (χ2v) is 13.1. The number of benzene rings is 2. The van der Waals surface area contributed by atoms with E-state index in [2.05, 4.69) is 10.4 Å². The average molecular weight is 685 g/mol. The zero-order valence-electron chi connectivity index (χ0n) is 24.5. The van der Waals surface area contributed by atoms with Crippen molar-refractivity contribution < 1.29 is 37.5 Å². The van der Waals surface area contributed by atoms with Crippen LogP contribution in [0.15, 0.2) is 72.4 Å². The minimum absolute atomic E-state index is 0.0218. The summed E-state index contributed by atoms with van der Waals surface area (Å²) in [6, 6.07) is 13.3. The average Bonchev–Trinajstić information content (AvgIpc) is 3.38. The molecular formula is C33H25Cl2F3N4O5. The first-order chi connectivity index (χ1) is 22.2. The van der Waals surface area contributed by atoms with Gasteiger partial charge in [0.25, 0.3) is 11.8 Å². The molecule has 242 valence electrons. The number of carbonyl (C=O) groups is 4. The summed E-state index contributed by atoms with van der Waals surface area (Å²) in [6.07, 6.45) is -2.04. The molecule has 6 unspecified atom stereocenters. The quantitative estimate of drug-likeness (QED) is 0.266. The van der Waals surface area contributed by atoms with Gasteiger partial charge in [-0.15, -0.1) is 0 Å². The summed E-state index contributed by atoms with van der Waals surface area (Å²) in [4.78, 5) is 60.9. The number of halogens is 5. The summed E-state index contributed by atoms with van der Waals surface area (Å²) in [5.74, 6) is -6.44. The number of fused-ring (bicyclic) bond motifs is 4. The molecule has 14 heteroatoms. The minimum Gasteiger partial charge on any atom is -0.508 e. The molecule has 2 saturated heterocycles. The molecule has 0 spiro atoms. The minimum atomic E-state index is -4.73. The van der Waals surface area contributed by atoms with Crippen LogP contribution in [-0.4, -0.2) is 50.7 Å². The lowest BCUT2D eigenvalue weighted by Crippen LogP contribution is -2.53. The summed E-state index contributed by atoms with van der Waals surface area (Å²) in [7, 11) is 1.43. The number of hydrogen-bond donors (Lipinski definition) is 2. The van der Waals surface area contributed by atoms with E-state index < -0.39 is 63.6 Å². The highest BCUT2D eigenvalue weighted by atomic mass is 35.5. The number of hydrazine groups is 1. The van der Waals surface area contributed by atoms with E-state index in [-0.39, 0.29) is 36.2 Å². The number of anilines is 1. The number of amides is 4. The third kappa shape index (κ3) is 4.56. The summed E-state index contributed by atoms with van der Waals surface area (Å²) in [5.41, 5.74) is 1.54. The van der Waals surface area contributed by atoms with Crippen molar-refractivity contribution in [1.82, 2.24) is 14.9 Å². The molecule has 1 aromatic heterocycles. The van der Waals surface area contributed by atoms with Crippen LogP contribution < -0.4 is 5.43 Å². The number of aromatic hydroxyl groups is 1. The molecular weight excluding hydrogens is 660 g/mol. The highest BCUT2D eigenvalue weighted by Crippen LogP contribution is 2.64. The maximum atomic E-state index is 15.0. The van der Waals surface area contributed by atoms with Crippen LogP contribution in [0.3, 0.4) is 0 Å². The lowest BCUT2D eigenvalue weighted by atomic mass is 9.49. The highest BCUT2D eigenvalue weighted by molar-refractivity contribution is 6.33. The van der Waals surface area contributed by atoms with Crippen molar-refractivity contribution >= 4 is 52.6 Å². The molecule has 2 aliphatic heterocycles. The number of imide groups is 2. The summed E-state index contributed by atoms with van der Waals surface area (Å²) >= 11 is 12.4. The van der Waals surface area contributed by atoms with E-state index in [9.17, 15) is 37.5 Å². The van der Waals surface area contributed by atoms with Crippen molar-refractivity contribution in [2.75, 3.05) is 12.5 Å². The van der Waals surface area contributed by atoms with E-state index in [0.717, 1.165) is 9.91 Å². The lowest BCUT2D eigenvalue weighted by molar-refractivity contribution is -0.140. The van der Waals surface area contributed by atoms with Gasteiger partial charge < -0.3 is 5.11 Å². The molecule has 0 radical (unpaired) electrons. The first kappa shape index (κ1) is 31.2. The highest BCUT2D eigenvalue weighted by Gasteiger charge is 2.70. The molecule has 3 aromatic rings. The molecule has 9 nitrogen and oxygen atoms in total. The number of phenolic OH excluding ortho intramolecular Hbond substituents is 1. The molecule has 6 atom stereocenters. The van der Waals surface area contributed by atoms with Gasteiger partial charge in [0.2, 0.25) is 11.8 Å². The van der Waals surface area contributed by atoms with E-state index in [4.69, 9.17) is 23.2 Å². The SMILES string of the molecule is CN1C(=O)C2CC=C3C(CC4C(=O)N(Nc5ncc(C(F)(F)F)cc5Cl)C(=O)C4(c4ccc(Cl)cc4)C3c3ccc(O)cc3)C2C1=O. The van der Waals surface area contributed by atoms with Crippen molar-refractivity contribution in [3.63, 3.8) is 0 Å². The molecule has 1 saturated carbocycles. The van der Waals surface area contributed by atoms with E-state index in [1.54, 1.807) is 36.4 Å². The largest absolute Gasteiger partial charge is 0.508 e. The third-order valence-electron chi connectivity index (χ3n) is 10.0. The van der Waals surface area contributed by atoms with Gasteiger partial charge in [-0.05, 0) is 60.2 Å². The van der Waals surface area contributed by atoms with Crippen LogP contribution in [0.5, 0.6) is 5.75 Å². The van der Waals surface area contributed by atoms with Crippen LogP contribution in [0.2, 0.25) is 10.0 Å². The van der Waals surface area contributed by atoms with E-state index in [0.29, 0.717) is 34.0 Å². The molecule has 3 heterocycles. The number of likely N-dealkylation sites (tertiary alicyclic amines) is 1. The van der Waals surface area contributed by atoms with Gasteiger partial charge in [0.05, 0.1) is 33.8 Å². The fourth-order valence-corrected chi connectivity index (χ4v) is 8.32. The number of phenols is 1. The lowest BCUT2D eigenvalue weighted by Gasteiger charge is -2.50. The van der Waals surface area contributed by atoms with E-state index in [1.165, 1.54) is 19.2 Å². The number of rotatable bonds is 4. The van der Waals surface area contributed by atoms with Crippen LogP contribution in [0.1, 0.15) is 35.4 Å². The van der Waals surface area contributed by atoms with Gasteiger partial charge in [0.1, 0.15) is 5.75 Å². The molecule has 2 aromatic carbocycles. The zero-order chi connectivity index (χ0) is 33.6. The molecule has 7 rings (SSSR count). The maximum absolute atomic E-state index is 15.0. The van der Waals surface area contributed by atoms with Crippen LogP contribution in [-0.2, 0) is 30.8 Å². The number of hydrogen-bond acceptors (Lipinski definition) is 7. The van der Waals surface area contributed by atoms with Crippen LogP contribution in [0.25, 0.3) is 0 Å². The van der Waals surface area contributed by atoms with Gasteiger partial charge in [-0.3, -0.25) is 29.5 Å². The Morgan fingerprint density at radius 3 is 2.28 bits per heavy atom. The van der Waals surface area contributed by atoms with Gasteiger partial charge in [-0.2, -0.15) is 18.2 Å². The molecule has 4 amide bonds. The third-order valence-corrected chi connectivity index (χ3v) is 10.5. The van der Waals surface area contributed by atoms with Crippen molar-refractivity contribution in [3.05, 3.63) is 99.2 Å². The van der Waals surface area contributed by atoms with Crippen molar-refractivity contribution in [2.24, 2.45) is 23.7 Å². The predicted molar refractivity (Wildman–Crippen MR) is 163 cm³/mol.